The van der Waals surface area contributed by atoms with E-state index in [2.05, 4.69) is 0 Å². The molecule has 21 heavy (non-hydrogen) atoms. The van der Waals surface area contributed by atoms with E-state index in [1.54, 1.807) is 24.3 Å². The van der Waals surface area contributed by atoms with Gasteiger partial charge in [0.2, 0.25) is 0 Å². The first-order valence-electron chi connectivity index (χ1n) is 6.31. The molecule has 0 radical (unpaired) electrons. The van der Waals surface area contributed by atoms with Crippen molar-refractivity contribution in [3.05, 3.63) is 70.6 Å². The van der Waals surface area contributed by atoms with Crippen LogP contribution < -0.4 is 0 Å². The molecular formula is C16H11ClFNO2. The lowest BCUT2D eigenvalue weighted by Crippen LogP contribution is -2.00. The predicted octanol–water partition coefficient (Wildman–Crippen LogP) is 4.18. The lowest BCUT2D eigenvalue weighted by Gasteiger charge is -2.07. The van der Waals surface area contributed by atoms with Gasteiger partial charge in [0.1, 0.15) is 5.82 Å². The van der Waals surface area contributed by atoms with Crippen LogP contribution in [-0.2, 0) is 6.54 Å². The van der Waals surface area contributed by atoms with Crippen LogP contribution in [0, 0.1) is 5.82 Å². The third kappa shape index (κ3) is 2.62. The standard InChI is InChI=1S/C16H11ClFNO2/c17-13-4-1-10(7-14(13)18)9-19-6-5-11-2-3-12(16(20)21)8-15(11)19/h1-8H,9H2,(H,20,21). The number of hydrogen-bond donors (Lipinski definition) is 1. The van der Waals surface area contributed by atoms with Gasteiger partial charge in [0.05, 0.1) is 10.6 Å². The van der Waals surface area contributed by atoms with E-state index in [0.29, 0.717) is 6.54 Å². The van der Waals surface area contributed by atoms with Crippen LogP contribution in [0.15, 0.2) is 48.7 Å². The second-order valence-electron chi connectivity index (χ2n) is 4.77. The number of benzene rings is 2. The third-order valence-electron chi connectivity index (χ3n) is 3.36. The maximum Gasteiger partial charge on any atom is 0.335 e. The van der Waals surface area contributed by atoms with Gasteiger partial charge in [-0.15, -0.1) is 0 Å². The van der Waals surface area contributed by atoms with Crippen molar-refractivity contribution in [3.8, 4) is 0 Å². The molecule has 0 aliphatic carbocycles. The lowest BCUT2D eigenvalue weighted by molar-refractivity contribution is 0.0697. The molecule has 0 amide bonds. The highest BCUT2D eigenvalue weighted by Crippen LogP contribution is 2.21. The van der Waals surface area contributed by atoms with Crippen LogP contribution in [0.4, 0.5) is 4.39 Å². The van der Waals surface area contributed by atoms with Gasteiger partial charge in [-0.25, -0.2) is 9.18 Å². The number of carbonyl (C=O) groups is 1. The largest absolute Gasteiger partial charge is 0.478 e. The van der Waals surface area contributed by atoms with Crippen molar-refractivity contribution in [2.24, 2.45) is 0 Å². The molecule has 1 aromatic heterocycles. The zero-order valence-electron chi connectivity index (χ0n) is 10.9. The first-order valence-corrected chi connectivity index (χ1v) is 6.68. The van der Waals surface area contributed by atoms with Crippen LogP contribution in [0.1, 0.15) is 15.9 Å². The molecule has 0 unspecified atom stereocenters. The Morgan fingerprint density at radius 3 is 2.71 bits per heavy atom. The average Bonchev–Trinajstić information content (AvgIpc) is 2.85. The van der Waals surface area contributed by atoms with Crippen LogP contribution in [0.25, 0.3) is 10.9 Å². The smallest absolute Gasteiger partial charge is 0.335 e. The Hall–Kier alpha value is -2.33. The summed E-state index contributed by atoms with van der Waals surface area (Å²) in [5.74, 6) is -1.43. The van der Waals surface area contributed by atoms with E-state index in [0.717, 1.165) is 16.5 Å². The Kier molecular flexibility index (Phi) is 3.39. The monoisotopic (exact) mass is 303 g/mol. The van der Waals surface area contributed by atoms with Gasteiger partial charge >= 0.3 is 5.97 Å². The minimum Gasteiger partial charge on any atom is -0.478 e. The van der Waals surface area contributed by atoms with Gasteiger partial charge in [0.15, 0.2) is 0 Å². The Balaban J connectivity index is 2.01. The molecule has 2 aromatic carbocycles. The highest BCUT2D eigenvalue weighted by atomic mass is 35.5. The fraction of sp³-hybridized carbons (Fsp3) is 0.0625. The first kappa shape index (κ1) is 13.6. The Bertz CT molecular complexity index is 841. The molecule has 1 heterocycles. The van der Waals surface area contributed by atoms with Crippen LogP contribution >= 0.6 is 11.6 Å². The first-order chi connectivity index (χ1) is 10.0. The number of aromatic carboxylic acids is 1. The van der Waals surface area contributed by atoms with E-state index < -0.39 is 11.8 Å². The molecule has 0 saturated carbocycles. The van der Waals surface area contributed by atoms with Gasteiger partial charge in [-0.05, 0) is 41.3 Å². The predicted molar refractivity (Wildman–Crippen MR) is 79.4 cm³/mol. The summed E-state index contributed by atoms with van der Waals surface area (Å²) in [6.45, 7) is 0.445. The maximum atomic E-state index is 13.5. The van der Waals surface area contributed by atoms with Crippen LogP contribution in [0.5, 0.6) is 0 Å². The molecule has 0 bridgehead atoms. The molecule has 0 aliphatic heterocycles. The minimum absolute atomic E-state index is 0.0873. The van der Waals surface area contributed by atoms with Gasteiger partial charge in [-0.3, -0.25) is 0 Å². The van der Waals surface area contributed by atoms with Gasteiger partial charge in [-0.2, -0.15) is 0 Å². The number of hydrogen-bond acceptors (Lipinski definition) is 1. The summed E-state index contributed by atoms with van der Waals surface area (Å²) in [5.41, 5.74) is 1.78. The van der Waals surface area contributed by atoms with E-state index in [1.165, 1.54) is 12.1 Å². The fourth-order valence-electron chi connectivity index (χ4n) is 2.29. The van der Waals surface area contributed by atoms with E-state index in [-0.39, 0.29) is 10.6 Å². The SMILES string of the molecule is O=C(O)c1ccc2ccn(Cc3ccc(Cl)c(F)c3)c2c1. The molecule has 3 aromatic rings. The van der Waals surface area contributed by atoms with E-state index in [1.807, 2.05) is 16.8 Å². The Morgan fingerprint density at radius 1 is 1.19 bits per heavy atom. The Labute approximate surface area is 125 Å². The van der Waals surface area contributed by atoms with Crippen LogP contribution in [0.2, 0.25) is 5.02 Å². The number of rotatable bonds is 3. The molecule has 3 nitrogen and oxygen atoms in total. The highest BCUT2D eigenvalue weighted by Gasteiger charge is 2.08. The zero-order chi connectivity index (χ0) is 15.0. The normalized spacial score (nSPS) is 11.0. The number of carboxylic acids is 1. The second-order valence-corrected chi connectivity index (χ2v) is 5.18. The third-order valence-corrected chi connectivity index (χ3v) is 3.66. The number of halogens is 2. The summed E-state index contributed by atoms with van der Waals surface area (Å²) in [4.78, 5) is 11.0. The van der Waals surface area contributed by atoms with Crippen molar-refractivity contribution in [1.29, 1.82) is 0 Å². The number of carboxylic acid groups (broad SMARTS) is 1. The van der Waals surface area contributed by atoms with Gasteiger partial charge in [-0.1, -0.05) is 23.7 Å². The average molecular weight is 304 g/mol. The summed E-state index contributed by atoms with van der Waals surface area (Å²) in [6, 6.07) is 11.5. The zero-order valence-corrected chi connectivity index (χ0v) is 11.6. The molecule has 0 saturated heterocycles. The van der Waals surface area contributed by atoms with E-state index in [4.69, 9.17) is 16.7 Å². The quantitative estimate of drug-likeness (QED) is 0.788. The van der Waals surface area contributed by atoms with Crippen LogP contribution in [-0.4, -0.2) is 15.6 Å². The summed E-state index contributed by atoms with van der Waals surface area (Å²) >= 11 is 5.67. The second kappa shape index (κ2) is 5.22. The summed E-state index contributed by atoms with van der Waals surface area (Å²) in [6.07, 6.45) is 1.85. The maximum absolute atomic E-state index is 13.5. The number of nitrogens with zero attached hydrogens (tertiary/aromatic N) is 1. The van der Waals surface area contributed by atoms with Crippen molar-refractivity contribution in [2.75, 3.05) is 0 Å². The van der Waals surface area contributed by atoms with E-state index in [9.17, 15) is 9.18 Å². The van der Waals surface area contributed by atoms with Crippen LogP contribution in [0.3, 0.4) is 0 Å². The molecule has 1 N–H and O–H groups in total. The van der Waals surface area contributed by atoms with Crippen molar-refractivity contribution in [3.63, 3.8) is 0 Å². The molecule has 0 spiro atoms. The highest BCUT2D eigenvalue weighted by molar-refractivity contribution is 6.30. The Morgan fingerprint density at radius 2 is 2.00 bits per heavy atom. The van der Waals surface area contributed by atoms with Crippen molar-refractivity contribution in [2.45, 2.75) is 6.54 Å². The molecule has 0 fully saturated rings. The van der Waals surface area contributed by atoms with Crippen molar-refractivity contribution >= 4 is 28.5 Å². The van der Waals surface area contributed by atoms with Crippen molar-refractivity contribution in [1.82, 2.24) is 4.57 Å². The minimum atomic E-state index is -0.970. The molecule has 3 rings (SSSR count). The molecule has 106 valence electrons. The number of fused-ring (bicyclic) bond motifs is 1. The summed E-state index contributed by atoms with van der Waals surface area (Å²) < 4.78 is 15.4. The molecule has 0 aliphatic rings. The summed E-state index contributed by atoms with van der Waals surface area (Å²) in [5, 5.41) is 10.1. The molecule has 5 heteroatoms. The number of aromatic nitrogens is 1. The summed E-state index contributed by atoms with van der Waals surface area (Å²) in [7, 11) is 0. The van der Waals surface area contributed by atoms with Gasteiger partial charge in [0.25, 0.3) is 0 Å². The van der Waals surface area contributed by atoms with Gasteiger partial charge in [0, 0.05) is 18.3 Å². The molecular weight excluding hydrogens is 293 g/mol. The topological polar surface area (TPSA) is 42.2 Å². The lowest BCUT2D eigenvalue weighted by atomic mass is 10.1. The van der Waals surface area contributed by atoms with Gasteiger partial charge < -0.3 is 9.67 Å². The van der Waals surface area contributed by atoms with Crippen molar-refractivity contribution < 1.29 is 14.3 Å². The van der Waals surface area contributed by atoms with E-state index >= 15 is 0 Å². The molecule has 0 atom stereocenters. The fourth-order valence-corrected chi connectivity index (χ4v) is 2.41.